The first-order chi connectivity index (χ1) is 7.34. The van der Waals surface area contributed by atoms with Crippen LogP contribution in [-0.4, -0.2) is 23.1 Å². The molecule has 15 heavy (non-hydrogen) atoms. The van der Waals surface area contributed by atoms with E-state index in [0.29, 0.717) is 11.4 Å². The van der Waals surface area contributed by atoms with Crippen molar-refractivity contribution in [3.63, 3.8) is 0 Å². The molecule has 0 radical (unpaired) electrons. The summed E-state index contributed by atoms with van der Waals surface area (Å²) in [5.74, 6) is 1.05. The van der Waals surface area contributed by atoms with E-state index in [-0.39, 0.29) is 5.82 Å². The van der Waals surface area contributed by atoms with Crippen LogP contribution in [0.15, 0.2) is 18.2 Å². The highest BCUT2D eigenvalue weighted by atomic mass is 19.1. The van der Waals surface area contributed by atoms with E-state index in [0.717, 1.165) is 30.9 Å². The lowest BCUT2D eigenvalue weighted by Gasteiger charge is -2.01. The van der Waals surface area contributed by atoms with Gasteiger partial charge in [0.1, 0.15) is 11.3 Å². The van der Waals surface area contributed by atoms with E-state index in [9.17, 15) is 4.39 Å². The molecule has 0 amide bonds. The molecule has 1 fully saturated rings. The van der Waals surface area contributed by atoms with E-state index in [1.165, 1.54) is 6.07 Å². The van der Waals surface area contributed by atoms with Gasteiger partial charge in [-0.2, -0.15) is 0 Å². The second kappa shape index (κ2) is 3.31. The van der Waals surface area contributed by atoms with Crippen molar-refractivity contribution in [2.45, 2.75) is 12.3 Å². The third-order valence-electron chi connectivity index (χ3n) is 2.93. The number of benzene rings is 1. The molecular formula is C11H12FN3. The second-order valence-corrected chi connectivity index (χ2v) is 3.95. The number of imidazole rings is 1. The minimum Gasteiger partial charge on any atom is -0.342 e. The first kappa shape index (κ1) is 8.85. The van der Waals surface area contributed by atoms with E-state index in [1.807, 2.05) is 6.07 Å². The fourth-order valence-corrected chi connectivity index (χ4v) is 2.10. The first-order valence-corrected chi connectivity index (χ1v) is 5.19. The van der Waals surface area contributed by atoms with Crippen LogP contribution >= 0.6 is 0 Å². The van der Waals surface area contributed by atoms with Crippen molar-refractivity contribution in [1.29, 1.82) is 0 Å². The zero-order valence-electron chi connectivity index (χ0n) is 8.26. The number of aromatic amines is 1. The minimum absolute atomic E-state index is 0.249. The smallest absolute Gasteiger partial charge is 0.151 e. The minimum atomic E-state index is -0.249. The van der Waals surface area contributed by atoms with Crippen LogP contribution in [0.4, 0.5) is 4.39 Å². The molecule has 2 N–H and O–H groups in total. The van der Waals surface area contributed by atoms with Crippen molar-refractivity contribution in [3.05, 3.63) is 29.8 Å². The number of hydrogen-bond acceptors (Lipinski definition) is 2. The summed E-state index contributed by atoms with van der Waals surface area (Å²) in [6.45, 7) is 1.95. The van der Waals surface area contributed by atoms with Crippen LogP contribution < -0.4 is 5.32 Å². The van der Waals surface area contributed by atoms with Gasteiger partial charge in [-0.1, -0.05) is 6.07 Å². The van der Waals surface area contributed by atoms with Crippen LogP contribution in [0.25, 0.3) is 11.0 Å². The molecule has 1 saturated heterocycles. The van der Waals surface area contributed by atoms with Crippen LogP contribution in [0, 0.1) is 5.82 Å². The van der Waals surface area contributed by atoms with Crippen molar-refractivity contribution in [1.82, 2.24) is 15.3 Å². The number of aromatic nitrogens is 2. The van der Waals surface area contributed by atoms with Crippen molar-refractivity contribution < 1.29 is 4.39 Å². The highest BCUT2D eigenvalue weighted by Gasteiger charge is 2.20. The molecular weight excluding hydrogens is 193 g/mol. The molecule has 1 aromatic heterocycles. The Morgan fingerprint density at radius 3 is 3.07 bits per heavy atom. The molecule has 1 aromatic carbocycles. The largest absolute Gasteiger partial charge is 0.342 e. The number of nitrogens with one attached hydrogen (secondary N) is 2. The lowest BCUT2D eigenvalue weighted by Crippen LogP contribution is -2.08. The van der Waals surface area contributed by atoms with Gasteiger partial charge in [0.05, 0.1) is 5.52 Å². The standard InChI is InChI=1S/C11H12FN3/c12-8-2-1-3-9-10(8)15-11(14-9)7-4-5-13-6-7/h1-3,7,13H,4-6H2,(H,14,15). The Morgan fingerprint density at radius 1 is 1.40 bits per heavy atom. The summed E-state index contributed by atoms with van der Waals surface area (Å²) in [7, 11) is 0. The summed E-state index contributed by atoms with van der Waals surface area (Å²) >= 11 is 0. The van der Waals surface area contributed by atoms with E-state index in [4.69, 9.17) is 0 Å². The Kier molecular flexibility index (Phi) is 1.95. The third kappa shape index (κ3) is 1.41. The Morgan fingerprint density at radius 2 is 2.33 bits per heavy atom. The van der Waals surface area contributed by atoms with Gasteiger partial charge < -0.3 is 10.3 Å². The zero-order chi connectivity index (χ0) is 10.3. The summed E-state index contributed by atoms with van der Waals surface area (Å²) < 4.78 is 13.4. The van der Waals surface area contributed by atoms with Crippen molar-refractivity contribution in [3.8, 4) is 0 Å². The summed E-state index contributed by atoms with van der Waals surface area (Å²) in [6.07, 6.45) is 1.07. The molecule has 0 bridgehead atoms. The maximum absolute atomic E-state index is 13.4. The molecule has 0 aliphatic carbocycles. The quantitative estimate of drug-likeness (QED) is 0.745. The predicted octanol–water partition coefficient (Wildman–Crippen LogP) is 1.78. The van der Waals surface area contributed by atoms with Crippen LogP contribution in [0.5, 0.6) is 0 Å². The van der Waals surface area contributed by atoms with Gasteiger partial charge >= 0.3 is 0 Å². The lowest BCUT2D eigenvalue weighted by atomic mass is 10.1. The summed E-state index contributed by atoms with van der Waals surface area (Å²) in [5.41, 5.74) is 1.25. The van der Waals surface area contributed by atoms with Crippen molar-refractivity contribution >= 4 is 11.0 Å². The SMILES string of the molecule is Fc1cccc2[nH]c(C3CCNC3)nc12. The molecule has 3 nitrogen and oxygen atoms in total. The molecule has 0 saturated carbocycles. The zero-order valence-corrected chi connectivity index (χ0v) is 8.26. The lowest BCUT2D eigenvalue weighted by molar-refractivity contribution is 0.636. The van der Waals surface area contributed by atoms with Crippen molar-refractivity contribution in [2.75, 3.05) is 13.1 Å². The van der Waals surface area contributed by atoms with Crippen LogP contribution in [0.2, 0.25) is 0 Å². The molecule has 1 aliphatic rings. The highest BCUT2D eigenvalue weighted by Crippen LogP contribution is 2.23. The number of rotatable bonds is 1. The topological polar surface area (TPSA) is 40.7 Å². The van der Waals surface area contributed by atoms with Crippen LogP contribution in [-0.2, 0) is 0 Å². The van der Waals surface area contributed by atoms with Gasteiger partial charge in [0.25, 0.3) is 0 Å². The Bertz CT molecular complexity index is 486. The van der Waals surface area contributed by atoms with Gasteiger partial charge in [-0.3, -0.25) is 0 Å². The molecule has 2 aromatic rings. The number of para-hydroxylation sites is 1. The van der Waals surface area contributed by atoms with Gasteiger partial charge in [0, 0.05) is 12.5 Å². The second-order valence-electron chi connectivity index (χ2n) is 3.95. The Balaban J connectivity index is 2.09. The Labute approximate surface area is 86.7 Å². The highest BCUT2D eigenvalue weighted by molar-refractivity contribution is 5.75. The number of halogens is 1. The normalized spacial score (nSPS) is 21.3. The molecule has 78 valence electrons. The molecule has 0 spiro atoms. The number of fused-ring (bicyclic) bond motifs is 1. The van der Waals surface area contributed by atoms with E-state index in [2.05, 4.69) is 15.3 Å². The van der Waals surface area contributed by atoms with Gasteiger partial charge in [0.15, 0.2) is 5.82 Å². The fourth-order valence-electron chi connectivity index (χ4n) is 2.10. The third-order valence-corrected chi connectivity index (χ3v) is 2.93. The maximum Gasteiger partial charge on any atom is 0.151 e. The van der Waals surface area contributed by atoms with E-state index in [1.54, 1.807) is 6.07 Å². The predicted molar refractivity (Wildman–Crippen MR) is 56.3 cm³/mol. The Hall–Kier alpha value is -1.42. The molecule has 1 atom stereocenters. The van der Waals surface area contributed by atoms with Crippen LogP contribution in [0.1, 0.15) is 18.2 Å². The molecule has 2 heterocycles. The van der Waals surface area contributed by atoms with Gasteiger partial charge in [-0.25, -0.2) is 9.37 Å². The maximum atomic E-state index is 13.4. The average molecular weight is 205 g/mol. The monoisotopic (exact) mass is 205 g/mol. The van der Waals surface area contributed by atoms with Gasteiger partial charge in [-0.15, -0.1) is 0 Å². The summed E-state index contributed by atoms with van der Waals surface area (Å²) in [5, 5.41) is 3.28. The van der Waals surface area contributed by atoms with Crippen molar-refractivity contribution in [2.24, 2.45) is 0 Å². The fraction of sp³-hybridized carbons (Fsp3) is 0.364. The van der Waals surface area contributed by atoms with Gasteiger partial charge in [-0.05, 0) is 25.1 Å². The van der Waals surface area contributed by atoms with E-state index < -0.39 is 0 Å². The first-order valence-electron chi connectivity index (χ1n) is 5.19. The number of nitrogens with zero attached hydrogens (tertiary/aromatic N) is 1. The average Bonchev–Trinajstić information content (AvgIpc) is 2.86. The molecule has 3 rings (SSSR count). The molecule has 4 heteroatoms. The summed E-state index contributed by atoms with van der Waals surface area (Å²) in [4.78, 5) is 7.51. The van der Waals surface area contributed by atoms with Gasteiger partial charge in [0.2, 0.25) is 0 Å². The van der Waals surface area contributed by atoms with E-state index >= 15 is 0 Å². The number of hydrogen-bond donors (Lipinski definition) is 2. The molecule has 1 unspecified atom stereocenters. The number of H-pyrrole nitrogens is 1. The summed E-state index contributed by atoms with van der Waals surface area (Å²) in [6, 6.07) is 5.00. The molecule has 1 aliphatic heterocycles. The van der Waals surface area contributed by atoms with Crippen LogP contribution in [0.3, 0.4) is 0 Å².